The van der Waals surface area contributed by atoms with Gasteiger partial charge < -0.3 is 48.5 Å². The van der Waals surface area contributed by atoms with Gasteiger partial charge in [0.05, 0.1) is 12.0 Å². The molecule has 10 atom stereocenters. The van der Waals surface area contributed by atoms with Gasteiger partial charge in [-0.3, -0.25) is 9.59 Å². The highest BCUT2D eigenvalue weighted by atomic mass is 16.8. The minimum Gasteiger partial charge on any atom is -0.479 e. The second-order valence-corrected chi connectivity index (χ2v) is 16.4. The van der Waals surface area contributed by atoms with E-state index in [-0.39, 0.29) is 30.4 Å². The number of carboxylic acid groups (broad SMARTS) is 1. The fourth-order valence-electron chi connectivity index (χ4n) is 7.24. The van der Waals surface area contributed by atoms with Crippen LogP contribution in [0.3, 0.4) is 0 Å². The van der Waals surface area contributed by atoms with Crippen LogP contribution in [0.1, 0.15) is 93.6 Å². The standard InChI is InChI=1S/C43H60O16/c1-11-25(3)22-26(4)18-19-31(45)57-34-33(46)41(21-20-27(5)32(56-29(7)44)28(6)23-30-16-14-13-15-17-30)58-35(36(47)53-12-2)42(52,43(34,59-41)37(48)49)39(51)55-24-54-38(50)40(8,9)10/h13-19,25-26,28,32-35,46,52H,5,11-12,20-24H2,1-4,6-10H3,(H,48,49)/b19-18+/t25-,26+,28-,32+,33+,34+,35+,41-,42+,43-/m0/s1. The zero-order valence-electron chi connectivity index (χ0n) is 35.4. The van der Waals surface area contributed by atoms with Crippen LogP contribution < -0.4 is 0 Å². The zero-order chi connectivity index (χ0) is 44.5. The van der Waals surface area contributed by atoms with Crippen molar-refractivity contribution in [3.63, 3.8) is 0 Å². The number of aliphatic carboxylic acids is 1. The minimum atomic E-state index is -3.76. The number of carbonyl (C=O) groups is 6. The molecule has 2 heterocycles. The van der Waals surface area contributed by atoms with Gasteiger partial charge in [0, 0.05) is 25.3 Å². The van der Waals surface area contributed by atoms with Gasteiger partial charge in [0.25, 0.3) is 0 Å². The first kappa shape index (κ1) is 48.7. The van der Waals surface area contributed by atoms with Gasteiger partial charge in [0.15, 0.2) is 6.10 Å². The third-order valence-corrected chi connectivity index (χ3v) is 10.5. The number of aliphatic hydroxyl groups is 2. The van der Waals surface area contributed by atoms with E-state index in [1.165, 1.54) is 40.7 Å². The van der Waals surface area contributed by atoms with E-state index < -0.39 is 95.8 Å². The molecule has 2 aliphatic heterocycles. The molecule has 0 saturated carbocycles. The Morgan fingerprint density at radius 3 is 2.20 bits per heavy atom. The smallest absolute Gasteiger partial charge is 0.348 e. The number of esters is 5. The van der Waals surface area contributed by atoms with Gasteiger partial charge in [-0.15, -0.1) is 0 Å². The van der Waals surface area contributed by atoms with Gasteiger partial charge in [-0.2, -0.15) is 0 Å². The number of carboxylic acids is 1. The first-order valence-electron chi connectivity index (χ1n) is 19.8. The summed E-state index contributed by atoms with van der Waals surface area (Å²) in [7, 11) is 0. The van der Waals surface area contributed by atoms with Crippen LogP contribution >= 0.6 is 0 Å². The van der Waals surface area contributed by atoms with Crippen LogP contribution in [0.15, 0.2) is 54.6 Å². The largest absolute Gasteiger partial charge is 0.479 e. The SMILES string of the molecule is C=C(CC[C@]12O[C@H](C(=O)OCC)[C@@](O)(C(=O)OCOC(=O)C(C)(C)C)[C@](C(=O)O)(O1)[C@H](OC(=O)/C=C/[C@@H](C)C[C@@H](C)CC)[C@H]2O)[C@@H](OC(C)=O)[C@@H](C)Cc1ccccc1. The number of hydrogen-bond donors (Lipinski definition) is 3. The van der Waals surface area contributed by atoms with Crippen LogP contribution in [0.25, 0.3) is 0 Å². The lowest BCUT2D eigenvalue weighted by Gasteiger charge is -2.49. The molecule has 2 bridgehead atoms. The van der Waals surface area contributed by atoms with Crippen LogP contribution in [0.2, 0.25) is 0 Å². The summed E-state index contributed by atoms with van der Waals surface area (Å²) >= 11 is 0. The van der Waals surface area contributed by atoms with Crippen molar-refractivity contribution in [2.45, 2.75) is 136 Å². The molecule has 2 aliphatic rings. The Hall–Kier alpha value is -4.64. The first-order valence-corrected chi connectivity index (χ1v) is 19.8. The fraction of sp³-hybridized carbons (Fsp3) is 0.628. The van der Waals surface area contributed by atoms with Crippen molar-refractivity contribution in [3.05, 3.63) is 60.2 Å². The molecule has 2 fully saturated rings. The van der Waals surface area contributed by atoms with Crippen LogP contribution in [-0.2, 0) is 68.3 Å². The predicted octanol–water partition coefficient (Wildman–Crippen LogP) is 4.37. The van der Waals surface area contributed by atoms with E-state index in [4.69, 9.17) is 33.2 Å². The summed E-state index contributed by atoms with van der Waals surface area (Å²) < 4.78 is 38.4. The second-order valence-electron chi connectivity index (χ2n) is 16.4. The predicted molar refractivity (Wildman–Crippen MR) is 209 cm³/mol. The molecule has 3 N–H and O–H groups in total. The van der Waals surface area contributed by atoms with Gasteiger partial charge in [0.2, 0.25) is 29.9 Å². The number of ether oxygens (including phenoxy) is 7. The Morgan fingerprint density at radius 1 is 1.00 bits per heavy atom. The molecule has 0 unspecified atom stereocenters. The molecule has 0 spiro atoms. The van der Waals surface area contributed by atoms with Crippen molar-refractivity contribution in [1.29, 1.82) is 0 Å². The number of rotatable bonds is 20. The van der Waals surface area contributed by atoms with Crippen molar-refractivity contribution < 1.29 is 77.2 Å². The monoisotopic (exact) mass is 832 g/mol. The molecule has 16 nitrogen and oxygen atoms in total. The van der Waals surface area contributed by atoms with Gasteiger partial charge in [-0.1, -0.05) is 77.1 Å². The minimum absolute atomic E-state index is 0.138. The van der Waals surface area contributed by atoms with Crippen molar-refractivity contribution in [2.75, 3.05) is 13.4 Å². The molecule has 3 rings (SSSR count). The van der Waals surface area contributed by atoms with E-state index in [0.717, 1.165) is 18.1 Å². The summed E-state index contributed by atoms with van der Waals surface area (Å²) in [5.74, 6) is -11.0. The maximum Gasteiger partial charge on any atom is 0.348 e. The van der Waals surface area contributed by atoms with E-state index in [1.54, 1.807) is 0 Å². The number of benzene rings is 1. The molecule has 16 heteroatoms. The summed E-state index contributed by atoms with van der Waals surface area (Å²) in [6.07, 6.45) is -4.50. The summed E-state index contributed by atoms with van der Waals surface area (Å²) in [6.45, 7) is 17.5. The molecule has 0 amide bonds. The van der Waals surface area contributed by atoms with E-state index >= 15 is 0 Å². The highest BCUT2D eigenvalue weighted by Gasteiger charge is 2.86. The third kappa shape index (κ3) is 11.0. The number of aliphatic hydroxyl groups excluding tert-OH is 1. The van der Waals surface area contributed by atoms with Gasteiger partial charge >= 0.3 is 35.8 Å². The Balaban J connectivity index is 2.15. The lowest BCUT2D eigenvalue weighted by Crippen LogP contribution is -2.78. The zero-order valence-corrected chi connectivity index (χ0v) is 35.4. The van der Waals surface area contributed by atoms with Crippen LogP contribution in [0, 0.1) is 23.2 Å². The number of hydrogen-bond acceptors (Lipinski definition) is 15. The summed E-state index contributed by atoms with van der Waals surface area (Å²) in [5, 5.41) is 35.5. The van der Waals surface area contributed by atoms with Crippen molar-refractivity contribution in [2.24, 2.45) is 23.2 Å². The Kier molecular flexibility index (Phi) is 16.6. The number of allylic oxidation sites excluding steroid dienone is 1. The Labute approximate surface area is 345 Å². The van der Waals surface area contributed by atoms with E-state index in [2.05, 4.69) is 6.58 Å². The number of carbonyl (C=O) groups excluding carboxylic acids is 5. The van der Waals surface area contributed by atoms with E-state index in [9.17, 15) is 44.1 Å². The normalized spacial score (nSPS) is 27.1. The molecule has 2 saturated heterocycles. The van der Waals surface area contributed by atoms with Crippen LogP contribution in [0.4, 0.5) is 0 Å². The summed E-state index contributed by atoms with van der Waals surface area (Å²) in [4.78, 5) is 79.6. The fourth-order valence-corrected chi connectivity index (χ4v) is 7.24. The second kappa shape index (κ2) is 20.1. The van der Waals surface area contributed by atoms with E-state index in [0.29, 0.717) is 18.8 Å². The lowest BCUT2D eigenvalue weighted by atomic mass is 9.74. The summed E-state index contributed by atoms with van der Waals surface area (Å²) in [5.41, 5.74) is -7.14. The Morgan fingerprint density at radius 2 is 1.64 bits per heavy atom. The first-order chi connectivity index (χ1) is 27.5. The average molecular weight is 833 g/mol. The third-order valence-electron chi connectivity index (χ3n) is 10.5. The topological polar surface area (TPSA) is 228 Å². The van der Waals surface area contributed by atoms with Crippen LogP contribution in [0.5, 0.6) is 0 Å². The highest BCUT2D eigenvalue weighted by Crippen LogP contribution is 2.56. The molecule has 0 aromatic heterocycles. The van der Waals surface area contributed by atoms with Gasteiger partial charge in [-0.05, 0) is 69.9 Å². The maximum atomic E-state index is 14.0. The summed E-state index contributed by atoms with van der Waals surface area (Å²) in [6, 6.07) is 9.35. The Bertz CT molecular complexity index is 1720. The quantitative estimate of drug-likeness (QED) is 0.0545. The lowest BCUT2D eigenvalue weighted by molar-refractivity contribution is -0.375. The van der Waals surface area contributed by atoms with Crippen molar-refractivity contribution in [1.82, 2.24) is 0 Å². The van der Waals surface area contributed by atoms with Crippen LogP contribution in [-0.4, -0.2) is 106 Å². The van der Waals surface area contributed by atoms with Gasteiger partial charge in [0.1, 0.15) is 12.2 Å². The van der Waals surface area contributed by atoms with Gasteiger partial charge in [-0.25, -0.2) is 19.2 Å². The van der Waals surface area contributed by atoms with E-state index in [1.807, 2.05) is 58.0 Å². The molecular weight excluding hydrogens is 772 g/mol. The maximum absolute atomic E-state index is 14.0. The molecule has 0 radical (unpaired) electrons. The molecule has 1 aromatic rings. The molecule has 59 heavy (non-hydrogen) atoms. The highest BCUT2D eigenvalue weighted by molar-refractivity contribution is 5.99. The molecule has 1 aromatic carbocycles. The molecular formula is C43H60O16. The molecule has 328 valence electrons. The van der Waals surface area contributed by atoms with Crippen molar-refractivity contribution >= 4 is 35.8 Å². The average Bonchev–Trinajstić information content (AvgIpc) is 3.38. The van der Waals surface area contributed by atoms with Crippen molar-refractivity contribution in [3.8, 4) is 0 Å². The number of fused-ring (bicyclic) bond motifs is 2. The molecule has 0 aliphatic carbocycles.